The SMILES string of the molecule is CCCC(CC)CNC(=O)c1cc(F)c(OCc2ccc(OC)cc2)c(F)c1. The summed E-state index contributed by atoms with van der Waals surface area (Å²) in [4.78, 5) is 12.2. The number of amides is 1. The molecule has 28 heavy (non-hydrogen) atoms. The molecule has 1 amide bonds. The van der Waals surface area contributed by atoms with Crippen molar-refractivity contribution in [3.05, 3.63) is 59.2 Å². The first-order chi connectivity index (χ1) is 13.5. The second-order valence-electron chi connectivity index (χ2n) is 6.68. The van der Waals surface area contributed by atoms with Crippen LogP contribution in [-0.2, 0) is 6.61 Å². The Kier molecular flexibility index (Phi) is 8.23. The normalized spacial score (nSPS) is 11.8. The minimum atomic E-state index is -0.903. The van der Waals surface area contributed by atoms with Crippen LogP contribution in [0, 0.1) is 17.6 Å². The van der Waals surface area contributed by atoms with Crippen LogP contribution < -0.4 is 14.8 Å². The fraction of sp³-hybridized carbons (Fsp3) is 0.409. The van der Waals surface area contributed by atoms with E-state index >= 15 is 0 Å². The third-order valence-electron chi connectivity index (χ3n) is 4.63. The lowest BCUT2D eigenvalue weighted by Crippen LogP contribution is -2.29. The van der Waals surface area contributed by atoms with Crippen LogP contribution in [-0.4, -0.2) is 19.6 Å². The molecule has 0 spiro atoms. The molecule has 0 aliphatic carbocycles. The van der Waals surface area contributed by atoms with Crippen LogP contribution in [0.25, 0.3) is 0 Å². The Morgan fingerprint density at radius 3 is 2.29 bits per heavy atom. The molecule has 0 aromatic heterocycles. The van der Waals surface area contributed by atoms with Crippen molar-refractivity contribution in [3.63, 3.8) is 0 Å². The summed E-state index contributed by atoms with van der Waals surface area (Å²) in [5, 5.41) is 2.75. The molecule has 152 valence electrons. The number of hydrogen-bond acceptors (Lipinski definition) is 3. The van der Waals surface area contributed by atoms with E-state index in [-0.39, 0.29) is 12.2 Å². The van der Waals surface area contributed by atoms with E-state index in [1.165, 1.54) is 0 Å². The van der Waals surface area contributed by atoms with E-state index in [1.807, 2.05) is 0 Å². The van der Waals surface area contributed by atoms with Crippen LogP contribution in [0.3, 0.4) is 0 Å². The summed E-state index contributed by atoms with van der Waals surface area (Å²) in [6.07, 6.45) is 2.96. The van der Waals surface area contributed by atoms with Gasteiger partial charge in [0, 0.05) is 12.1 Å². The predicted octanol–water partition coefficient (Wildman–Crippen LogP) is 5.11. The number of rotatable bonds is 10. The number of nitrogens with one attached hydrogen (secondary N) is 1. The summed E-state index contributed by atoms with van der Waals surface area (Å²) in [5.41, 5.74) is 0.682. The molecule has 0 saturated heterocycles. The highest BCUT2D eigenvalue weighted by atomic mass is 19.1. The second-order valence-corrected chi connectivity index (χ2v) is 6.68. The number of methoxy groups -OCH3 is 1. The largest absolute Gasteiger partial charge is 0.497 e. The molecule has 1 atom stereocenters. The minimum Gasteiger partial charge on any atom is -0.497 e. The molecule has 0 aliphatic heterocycles. The first-order valence-electron chi connectivity index (χ1n) is 9.51. The summed E-state index contributed by atoms with van der Waals surface area (Å²) < 4.78 is 39.0. The van der Waals surface area contributed by atoms with Crippen molar-refractivity contribution in [2.75, 3.05) is 13.7 Å². The maximum atomic E-state index is 14.3. The predicted molar refractivity (Wildman–Crippen MR) is 105 cm³/mol. The maximum Gasteiger partial charge on any atom is 0.251 e. The molecule has 0 bridgehead atoms. The van der Waals surface area contributed by atoms with Gasteiger partial charge in [0.25, 0.3) is 5.91 Å². The van der Waals surface area contributed by atoms with Gasteiger partial charge in [-0.05, 0) is 42.2 Å². The average molecular weight is 391 g/mol. The van der Waals surface area contributed by atoms with Crippen molar-refractivity contribution in [1.82, 2.24) is 5.32 Å². The minimum absolute atomic E-state index is 0.00141. The number of carbonyl (C=O) groups is 1. The molecule has 0 saturated carbocycles. The fourth-order valence-corrected chi connectivity index (χ4v) is 2.90. The van der Waals surface area contributed by atoms with Gasteiger partial charge in [0.05, 0.1) is 7.11 Å². The zero-order valence-electron chi connectivity index (χ0n) is 16.6. The molecule has 1 N–H and O–H groups in total. The Balaban J connectivity index is 2.01. The molecule has 2 aromatic carbocycles. The third-order valence-corrected chi connectivity index (χ3v) is 4.63. The molecule has 0 heterocycles. The van der Waals surface area contributed by atoms with Gasteiger partial charge in [0.2, 0.25) is 0 Å². The van der Waals surface area contributed by atoms with Gasteiger partial charge < -0.3 is 14.8 Å². The highest BCUT2D eigenvalue weighted by Gasteiger charge is 2.17. The Bertz CT molecular complexity index is 755. The summed E-state index contributed by atoms with van der Waals surface area (Å²) in [7, 11) is 1.56. The van der Waals surface area contributed by atoms with Crippen LogP contribution >= 0.6 is 0 Å². The van der Waals surface area contributed by atoms with E-state index < -0.39 is 23.3 Å². The monoisotopic (exact) mass is 391 g/mol. The quantitative estimate of drug-likeness (QED) is 0.612. The Hall–Kier alpha value is -2.63. The zero-order valence-corrected chi connectivity index (χ0v) is 16.6. The van der Waals surface area contributed by atoms with Crippen LogP contribution in [0.5, 0.6) is 11.5 Å². The van der Waals surface area contributed by atoms with Gasteiger partial charge in [-0.15, -0.1) is 0 Å². The first kappa shape index (κ1) is 21.7. The van der Waals surface area contributed by atoms with E-state index in [9.17, 15) is 13.6 Å². The van der Waals surface area contributed by atoms with Crippen molar-refractivity contribution in [1.29, 1.82) is 0 Å². The van der Waals surface area contributed by atoms with Crippen LogP contribution in [0.15, 0.2) is 36.4 Å². The van der Waals surface area contributed by atoms with Gasteiger partial charge in [-0.1, -0.05) is 38.8 Å². The van der Waals surface area contributed by atoms with Gasteiger partial charge in [-0.3, -0.25) is 4.79 Å². The number of ether oxygens (including phenoxy) is 2. The topological polar surface area (TPSA) is 47.6 Å². The average Bonchev–Trinajstić information content (AvgIpc) is 2.70. The molecule has 6 heteroatoms. The fourth-order valence-electron chi connectivity index (χ4n) is 2.90. The summed E-state index contributed by atoms with van der Waals surface area (Å²) in [6.45, 7) is 4.63. The van der Waals surface area contributed by atoms with Crippen molar-refractivity contribution >= 4 is 5.91 Å². The van der Waals surface area contributed by atoms with Gasteiger partial charge in [-0.25, -0.2) is 8.78 Å². The van der Waals surface area contributed by atoms with Crippen LogP contribution in [0.2, 0.25) is 0 Å². The number of carbonyl (C=O) groups excluding carboxylic acids is 1. The molecule has 1 unspecified atom stereocenters. The molecular weight excluding hydrogens is 364 g/mol. The van der Waals surface area contributed by atoms with Crippen molar-refractivity contribution in [3.8, 4) is 11.5 Å². The third kappa shape index (κ3) is 5.94. The van der Waals surface area contributed by atoms with Gasteiger partial charge in [0.1, 0.15) is 12.4 Å². The van der Waals surface area contributed by atoms with Crippen molar-refractivity contribution in [2.24, 2.45) is 5.92 Å². The van der Waals surface area contributed by atoms with Gasteiger partial charge >= 0.3 is 0 Å². The molecular formula is C22H27F2NO3. The first-order valence-corrected chi connectivity index (χ1v) is 9.51. The van der Waals surface area contributed by atoms with Crippen LogP contribution in [0.4, 0.5) is 8.78 Å². The molecule has 2 aromatic rings. The lowest BCUT2D eigenvalue weighted by molar-refractivity contribution is 0.0944. The molecule has 2 rings (SSSR count). The highest BCUT2D eigenvalue weighted by Crippen LogP contribution is 2.25. The Morgan fingerprint density at radius 1 is 1.11 bits per heavy atom. The summed E-state index contributed by atoms with van der Waals surface area (Å²) >= 11 is 0. The number of halogens is 2. The lowest BCUT2D eigenvalue weighted by Gasteiger charge is -2.15. The van der Waals surface area contributed by atoms with E-state index in [4.69, 9.17) is 9.47 Å². The van der Waals surface area contributed by atoms with E-state index in [0.29, 0.717) is 18.2 Å². The highest BCUT2D eigenvalue weighted by molar-refractivity contribution is 5.94. The summed E-state index contributed by atoms with van der Waals surface area (Å²) in [5.74, 6) is -1.76. The smallest absolute Gasteiger partial charge is 0.251 e. The van der Waals surface area contributed by atoms with Gasteiger partial charge in [-0.2, -0.15) is 0 Å². The Labute approximate surface area is 164 Å². The van der Waals surface area contributed by atoms with Crippen molar-refractivity contribution in [2.45, 2.75) is 39.7 Å². The summed E-state index contributed by atoms with van der Waals surface area (Å²) in [6, 6.07) is 8.97. The second kappa shape index (κ2) is 10.6. The number of benzene rings is 2. The molecule has 4 nitrogen and oxygen atoms in total. The van der Waals surface area contributed by atoms with Crippen molar-refractivity contribution < 1.29 is 23.0 Å². The van der Waals surface area contributed by atoms with E-state index in [0.717, 1.165) is 37.0 Å². The molecule has 0 aliphatic rings. The molecule has 0 fully saturated rings. The number of hydrogen-bond donors (Lipinski definition) is 1. The lowest BCUT2D eigenvalue weighted by atomic mass is 10.0. The molecule has 0 radical (unpaired) electrons. The van der Waals surface area contributed by atoms with Gasteiger partial charge in [0.15, 0.2) is 17.4 Å². The zero-order chi connectivity index (χ0) is 20.5. The Morgan fingerprint density at radius 2 is 1.75 bits per heavy atom. The maximum absolute atomic E-state index is 14.3. The standard InChI is InChI=1S/C22H27F2NO3/c1-4-6-15(5-2)13-25-22(26)17-11-19(23)21(20(24)12-17)28-14-16-7-9-18(27-3)10-8-16/h7-12,15H,4-6,13-14H2,1-3H3,(H,25,26). The van der Waals surface area contributed by atoms with E-state index in [2.05, 4.69) is 19.2 Å². The van der Waals surface area contributed by atoms with E-state index in [1.54, 1.807) is 31.4 Å². The van der Waals surface area contributed by atoms with Crippen LogP contribution in [0.1, 0.15) is 49.0 Å².